The number of hydrogen-bond acceptors (Lipinski definition) is 3. The van der Waals surface area contributed by atoms with E-state index < -0.39 is 0 Å². The van der Waals surface area contributed by atoms with Crippen molar-refractivity contribution in [2.75, 3.05) is 13.1 Å². The summed E-state index contributed by atoms with van der Waals surface area (Å²) in [5, 5.41) is 6.90. The van der Waals surface area contributed by atoms with Crippen LogP contribution in [0.4, 0.5) is 0 Å². The number of nitrogens with zero attached hydrogens (tertiary/aromatic N) is 1. The van der Waals surface area contributed by atoms with Crippen LogP contribution in [-0.4, -0.2) is 24.1 Å². The Labute approximate surface area is 105 Å². The summed E-state index contributed by atoms with van der Waals surface area (Å²) in [5.41, 5.74) is 1.10. The highest BCUT2D eigenvalue weighted by Gasteiger charge is 2.19. The van der Waals surface area contributed by atoms with Crippen LogP contribution in [0.3, 0.4) is 0 Å². The van der Waals surface area contributed by atoms with E-state index >= 15 is 0 Å². The predicted molar refractivity (Wildman–Crippen MR) is 69.3 cm³/mol. The topological polar surface area (TPSA) is 37.0 Å². The Morgan fingerprint density at radius 3 is 2.88 bits per heavy atom. The van der Waals surface area contributed by atoms with Crippen LogP contribution in [-0.2, 0) is 6.54 Å². The summed E-state index contributed by atoms with van der Waals surface area (Å²) < 4.78 is 1.03. The first kappa shape index (κ1) is 12.0. The van der Waals surface area contributed by atoms with Gasteiger partial charge < -0.3 is 10.6 Å². The van der Waals surface area contributed by atoms with Crippen molar-refractivity contribution in [3.8, 4) is 0 Å². The fourth-order valence-electron chi connectivity index (χ4n) is 1.53. The van der Waals surface area contributed by atoms with E-state index in [1.54, 1.807) is 0 Å². The van der Waals surface area contributed by atoms with E-state index in [4.69, 9.17) is 0 Å². The average molecular weight is 284 g/mol. The van der Waals surface area contributed by atoms with Crippen molar-refractivity contribution in [2.45, 2.75) is 31.8 Å². The van der Waals surface area contributed by atoms with Gasteiger partial charge in [0.1, 0.15) is 0 Å². The van der Waals surface area contributed by atoms with E-state index in [-0.39, 0.29) is 0 Å². The van der Waals surface area contributed by atoms with Crippen LogP contribution < -0.4 is 10.6 Å². The lowest BCUT2D eigenvalue weighted by Crippen LogP contribution is -2.23. The van der Waals surface area contributed by atoms with Gasteiger partial charge in [0.25, 0.3) is 0 Å². The summed E-state index contributed by atoms with van der Waals surface area (Å²) >= 11 is 3.38. The average Bonchev–Trinajstić information content (AvgIpc) is 3.10. The first-order valence-electron chi connectivity index (χ1n) is 5.89. The molecule has 0 bridgehead atoms. The molecule has 1 aliphatic carbocycles. The Kier molecular flexibility index (Phi) is 4.75. The summed E-state index contributed by atoms with van der Waals surface area (Å²) in [4.78, 5) is 4.31. The SMILES string of the molecule is Brc1ccc(CNCCCNC2CC2)nc1. The van der Waals surface area contributed by atoms with Gasteiger partial charge in [-0.25, -0.2) is 0 Å². The lowest BCUT2D eigenvalue weighted by atomic mass is 10.3. The Morgan fingerprint density at radius 2 is 2.19 bits per heavy atom. The number of aromatic nitrogens is 1. The fourth-order valence-corrected chi connectivity index (χ4v) is 1.77. The minimum absolute atomic E-state index is 0.827. The molecule has 4 heteroatoms. The maximum atomic E-state index is 4.31. The van der Waals surface area contributed by atoms with Crippen molar-refractivity contribution in [1.82, 2.24) is 15.6 Å². The van der Waals surface area contributed by atoms with E-state index in [2.05, 4.69) is 31.5 Å². The molecule has 1 aromatic heterocycles. The summed E-state index contributed by atoms with van der Waals surface area (Å²) in [6, 6.07) is 4.89. The van der Waals surface area contributed by atoms with Crippen LogP contribution in [0.1, 0.15) is 25.0 Å². The number of hydrogen-bond donors (Lipinski definition) is 2. The summed E-state index contributed by atoms with van der Waals surface area (Å²) in [6.07, 6.45) is 5.77. The zero-order valence-corrected chi connectivity index (χ0v) is 11.0. The molecule has 3 nitrogen and oxygen atoms in total. The minimum Gasteiger partial charge on any atom is -0.314 e. The van der Waals surface area contributed by atoms with Crippen molar-refractivity contribution < 1.29 is 0 Å². The van der Waals surface area contributed by atoms with E-state index in [1.807, 2.05) is 18.3 Å². The third-order valence-corrected chi connectivity index (χ3v) is 3.10. The van der Waals surface area contributed by atoms with Crippen molar-refractivity contribution >= 4 is 15.9 Å². The van der Waals surface area contributed by atoms with Gasteiger partial charge in [-0.3, -0.25) is 4.98 Å². The van der Waals surface area contributed by atoms with Gasteiger partial charge in [0.05, 0.1) is 5.69 Å². The quantitative estimate of drug-likeness (QED) is 0.753. The first-order chi connectivity index (χ1) is 7.84. The largest absolute Gasteiger partial charge is 0.314 e. The molecule has 0 amide bonds. The smallest absolute Gasteiger partial charge is 0.0542 e. The molecule has 2 rings (SSSR count). The summed E-state index contributed by atoms with van der Waals surface area (Å²) in [7, 11) is 0. The zero-order valence-electron chi connectivity index (χ0n) is 9.38. The molecule has 88 valence electrons. The lowest BCUT2D eigenvalue weighted by Gasteiger charge is -2.05. The molecular formula is C12H18BrN3. The van der Waals surface area contributed by atoms with Gasteiger partial charge in [0.15, 0.2) is 0 Å². The number of halogens is 1. The molecule has 2 N–H and O–H groups in total. The van der Waals surface area contributed by atoms with Crippen LogP contribution >= 0.6 is 15.9 Å². The Balaban J connectivity index is 1.51. The van der Waals surface area contributed by atoms with Crippen LogP contribution in [0, 0.1) is 0 Å². The molecule has 0 unspecified atom stereocenters. The molecule has 1 aromatic rings. The molecule has 0 saturated heterocycles. The second-order valence-electron chi connectivity index (χ2n) is 4.23. The van der Waals surface area contributed by atoms with Gasteiger partial charge >= 0.3 is 0 Å². The van der Waals surface area contributed by atoms with Crippen LogP contribution in [0.15, 0.2) is 22.8 Å². The van der Waals surface area contributed by atoms with Gasteiger partial charge in [-0.1, -0.05) is 0 Å². The van der Waals surface area contributed by atoms with E-state index in [0.717, 1.165) is 35.8 Å². The van der Waals surface area contributed by atoms with Crippen LogP contribution in [0.25, 0.3) is 0 Å². The van der Waals surface area contributed by atoms with Gasteiger partial charge in [0, 0.05) is 23.3 Å². The molecule has 0 spiro atoms. The molecule has 0 radical (unpaired) electrons. The van der Waals surface area contributed by atoms with Crippen LogP contribution in [0.2, 0.25) is 0 Å². The summed E-state index contributed by atoms with van der Waals surface area (Å²) in [6.45, 7) is 3.04. The van der Waals surface area contributed by atoms with E-state index in [9.17, 15) is 0 Å². The highest BCUT2D eigenvalue weighted by atomic mass is 79.9. The second-order valence-corrected chi connectivity index (χ2v) is 5.14. The van der Waals surface area contributed by atoms with E-state index in [0.29, 0.717) is 0 Å². The monoisotopic (exact) mass is 283 g/mol. The molecule has 0 aliphatic heterocycles. The predicted octanol–water partition coefficient (Wildman–Crippen LogP) is 2.08. The standard InChI is InChI=1S/C12H18BrN3/c13-10-2-3-12(16-8-10)9-14-6-1-7-15-11-4-5-11/h2-3,8,11,14-15H,1,4-7,9H2. The van der Waals surface area contributed by atoms with Crippen molar-refractivity contribution in [3.05, 3.63) is 28.5 Å². The maximum absolute atomic E-state index is 4.31. The Morgan fingerprint density at radius 1 is 1.31 bits per heavy atom. The van der Waals surface area contributed by atoms with Gasteiger partial charge in [0.2, 0.25) is 0 Å². The van der Waals surface area contributed by atoms with Gasteiger partial charge in [-0.05, 0) is 60.4 Å². The van der Waals surface area contributed by atoms with E-state index in [1.165, 1.54) is 19.3 Å². The maximum Gasteiger partial charge on any atom is 0.0542 e. The molecular weight excluding hydrogens is 266 g/mol. The number of pyridine rings is 1. The van der Waals surface area contributed by atoms with Crippen molar-refractivity contribution in [2.24, 2.45) is 0 Å². The normalized spacial score (nSPS) is 15.3. The number of nitrogens with one attached hydrogen (secondary N) is 2. The highest BCUT2D eigenvalue weighted by Crippen LogP contribution is 2.18. The fraction of sp³-hybridized carbons (Fsp3) is 0.583. The summed E-state index contributed by atoms with van der Waals surface area (Å²) in [5.74, 6) is 0. The lowest BCUT2D eigenvalue weighted by molar-refractivity contribution is 0.589. The third-order valence-electron chi connectivity index (χ3n) is 2.64. The Hall–Kier alpha value is -0.450. The van der Waals surface area contributed by atoms with Gasteiger partial charge in [-0.15, -0.1) is 0 Å². The molecule has 1 aliphatic rings. The first-order valence-corrected chi connectivity index (χ1v) is 6.68. The molecule has 1 fully saturated rings. The minimum atomic E-state index is 0.827. The van der Waals surface area contributed by atoms with Crippen molar-refractivity contribution in [1.29, 1.82) is 0 Å². The molecule has 16 heavy (non-hydrogen) atoms. The van der Waals surface area contributed by atoms with Crippen LogP contribution in [0.5, 0.6) is 0 Å². The highest BCUT2D eigenvalue weighted by molar-refractivity contribution is 9.10. The van der Waals surface area contributed by atoms with Crippen molar-refractivity contribution in [3.63, 3.8) is 0 Å². The Bertz CT molecular complexity index is 309. The second kappa shape index (κ2) is 6.33. The molecule has 1 heterocycles. The zero-order chi connectivity index (χ0) is 11.2. The number of rotatable bonds is 7. The van der Waals surface area contributed by atoms with Gasteiger partial charge in [-0.2, -0.15) is 0 Å². The third kappa shape index (κ3) is 4.60. The molecule has 0 atom stereocenters. The molecule has 0 aromatic carbocycles. The molecule has 1 saturated carbocycles.